The Bertz CT molecular complexity index is 284. The predicted molar refractivity (Wildman–Crippen MR) is 64.0 cm³/mol. The van der Waals surface area contributed by atoms with E-state index in [1.807, 2.05) is 0 Å². The lowest BCUT2D eigenvalue weighted by Crippen LogP contribution is -2.36. The number of carbonyl (C=O) groups excluding carboxylic acids is 1. The molecule has 2 aliphatic rings. The Morgan fingerprint density at radius 2 is 2.06 bits per heavy atom. The number of hydrogen-bond donors (Lipinski definition) is 0. The summed E-state index contributed by atoms with van der Waals surface area (Å²) in [7, 11) is 0. The van der Waals surface area contributed by atoms with Gasteiger partial charge >= 0.3 is 5.97 Å². The number of fused-ring (bicyclic) bond motifs is 1. The summed E-state index contributed by atoms with van der Waals surface area (Å²) in [6.45, 7) is 5.60. The third-order valence-electron chi connectivity index (χ3n) is 4.46. The third kappa shape index (κ3) is 2.16. The van der Waals surface area contributed by atoms with E-state index >= 15 is 0 Å². The molecule has 0 heterocycles. The SMILES string of the molecule is C=CC(=O)OC1(C)CCC2CCCCCC21. The molecule has 2 rings (SSSR count). The molecule has 90 valence electrons. The lowest BCUT2D eigenvalue weighted by atomic mass is 9.83. The topological polar surface area (TPSA) is 26.3 Å². The molecule has 2 heteroatoms. The standard InChI is InChI=1S/C14H22O2/c1-3-13(15)16-14(2)10-9-11-7-5-4-6-8-12(11)14/h3,11-12H,1,4-10H2,2H3. The van der Waals surface area contributed by atoms with Crippen molar-refractivity contribution in [2.75, 3.05) is 0 Å². The van der Waals surface area contributed by atoms with E-state index in [1.165, 1.54) is 44.6 Å². The van der Waals surface area contributed by atoms with Crippen LogP contribution in [0.5, 0.6) is 0 Å². The Morgan fingerprint density at radius 3 is 2.81 bits per heavy atom. The van der Waals surface area contributed by atoms with Crippen LogP contribution in [0.3, 0.4) is 0 Å². The van der Waals surface area contributed by atoms with Crippen LogP contribution in [0, 0.1) is 11.8 Å². The second-order valence-corrected chi connectivity index (χ2v) is 5.48. The van der Waals surface area contributed by atoms with Gasteiger partial charge in [0.15, 0.2) is 0 Å². The molecule has 2 nitrogen and oxygen atoms in total. The average Bonchev–Trinajstić information content (AvgIpc) is 2.47. The Hall–Kier alpha value is -0.790. The molecule has 0 aromatic rings. The number of esters is 1. The molecule has 0 amide bonds. The molecule has 0 aliphatic heterocycles. The Balaban J connectivity index is 2.09. The van der Waals surface area contributed by atoms with Gasteiger partial charge in [0.2, 0.25) is 0 Å². The zero-order chi connectivity index (χ0) is 11.6. The van der Waals surface area contributed by atoms with Gasteiger partial charge in [-0.15, -0.1) is 0 Å². The zero-order valence-corrected chi connectivity index (χ0v) is 10.2. The van der Waals surface area contributed by atoms with Crippen LogP contribution in [-0.4, -0.2) is 11.6 Å². The van der Waals surface area contributed by atoms with E-state index in [4.69, 9.17) is 4.74 Å². The van der Waals surface area contributed by atoms with Crippen LogP contribution >= 0.6 is 0 Å². The van der Waals surface area contributed by atoms with Crippen molar-refractivity contribution < 1.29 is 9.53 Å². The summed E-state index contributed by atoms with van der Waals surface area (Å²) in [6.07, 6.45) is 10.1. The van der Waals surface area contributed by atoms with Crippen molar-refractivity contribution >= 4 is 5.97 Å². The molecular weight excluding hydrogens is 200 g/mol. The summed E-state index contributed by atoms with van der Waals surface area (Å²) in [4.78, 5) is 11.4. The van der Waals surface area contributed by atoms with Gasteiger partial charge in [0.05, 0.1) is 0 Å². The lowest BCUT2D eigenvalue weighted by molar-refractivity contribution is -0.156. The summed E-state index contributed by atoms with van der Waals surface area (Å²) >= 11 is 0. The molecule has 0 radical (unpaired) electrons. The van der Waals surface area contributed by atoms with Gasteiger partial charge in [-0.1, -0.05) is 32.3 Å². The lowest BCUT2D eigenvalue weighted by Gasteiger charge is -2.32. The highest BCUT2D eigenvalue weighted by molar-refractivity contribution is 5.81. The van der Waals surface area contributed by atoms with E-state index in [9.17, 15) is 4.79 Å². The van der Waals surface area contributed by atoms with E-state index in [0.717, 1.165) is 12.3 Å². The fourth-order valence-electron chi connectivity index (χ4n) is 3.59. The molecule has 0 aromatic carbocycles. The van der Waals surface area contributed by atoms with Crippen molar-refractivity contribution in [3.63, 3.8) is 0 Å². The van der Waals surface area contributed by atoms with E-state index in [1.54, 1.807) is 0 Å². The van der Waals surface area contributed by atoms with Crippen molar-refractivity contribution in [1.29, 1.82) is 0 Å². The van der Waals surface area contributed by atoms with Crippen LogP contribution in [-0.2, 0) is 9.53 Å². The Labute approximate surface area is 98.1 Å². The minimum atomic E-state index is -0.257. The molecule has 2 saturated carbocycles. The van der Waals surface area contributed by atoms with Crippen LogP contribution in [0.1, 0.15) is 51.9 Å². The summed E-state index contributed by atoms with van der Waals surface area (Å²) in [5.74, 6) is 1.11. The van der Waals surface area contributed by atoms with Crippen LogP contribution in [0.25, 0.3) is 0 Å². The zero-order valence-electron chi connectivity index (χ0n) is 10.2. The molecule has 0 spiro atoms. The number of hydrogen-bond acceptors (Lipinski definition) is 2. The Kier molecular flexibility index (Phi) is 3.36. The first-order valence-electron chi connectivity index (χ1n) is 6.51. The highest BCUT2D eigenvalue weighted by atomic mass is 16.6. The molecule has 0 bridgehead atoms. The average molecular weight is 222 g/mol. The van der Waals surface area contributed by atoms with Crippen LogP contribution < -0.4 is 0 Å². The number of carbonyl (C=O) groups is 1. The quantitative estimate of drug-likeness (QED) is 0.528. The third-order valence-corrected chi connectivity index (χ3v) is 4.46. The van der Waals surface area contributed by atoms with E-state index < -0.39 is 0 Å². The summed E-state index contributed by atoms with van der Waals surface area (Å²) < 4.78 is 5.62. The maximum Gasteiger partial charge on any atom is 0.330 e. The van der Waals surface area contributed by atoms with Crippen molar-refractivity contribution in [3.8, 4) is 0 Å². The summed E-state index contributed by atoms with van der Waals surface area (Å²) in [5, 5.41) is 0. The van der Waals surface area contributed by atoms with Gasteiger partial charge in [-0.25, -0.2) is 4.79 Å². The first kappa shape index (κ1) is 11.7. The van der Waals surface area contributed by atoms with Crippen LogP contribution in [0.15, 0.2) is 12.7 Å². The van der Waals surface area contributed by atoms with Gasteiger partial charge in [-0.05, 0) is 32.1 Å². The monoisotopic (exact) mass is 222 g/mol. The maximum absolute atomic E-state index is 11.4. The summed E-state index contributed by atoms with van der Waals surface area (Å²) in [6, 6.07) is 0. The van der Waals surface area contributed by atoms with Crippen molar-refractivity contribution in [1.82, 2.24) is 0 Å². The second kappa shape index (κ2) is 4.60. The smallest absolute Gasteiger partial charge is 0.330 e. The van der Waals surface area contributed by atoms with E-state index in [2.05, 4.69) is 13.5 Å². The van der Waals surface area contributed by atoms with E-state index in [-0.39, 0.29) is 11.6 Å². The molecule has 0 saturated heterocycles. The Morgan fingerprint density at radius 1 is 1.31 bits per heavy atom. The van der Waals surface area contributed by atoms with Gasteiger partial charge in [0.1, 0.15) is 5.60 Å². The van der Waals surface area contributed by atoms with Crippen molar-refractivity contribution in [2.24, 2.45) is 11.8 Å². The minimum Gasteiger partial charge on any atom is -0.456 e. The highest BCUT2D eigenvalue weighted by Crippen LogP contribution is 2.48. The molecule has 0 aromatic heterocycles. The first-order chi connectivity index (χ1) is 7.65. The van der Waals surface area contributed by atoms with Gasteiger partial charge < -0.3 is 4.74 Å². The van der Waals surface area contributed by atoms with Crippen molar-refractivity contribution in [3.05, 3.63) is 12.7 Å². The van der Waals surface area contributed by atoms with Gasteiger partial charge in [-0.2, -0.15) is 0 Å². The first-order valence-corrected chi connectivity index (χ1v) is 6.51. The fourth-order valence-corrected chi connectivity index (χ4v) is 3.59. The molecule has 2 fully saturated rings. The van der Waals surface area contributed by atoms with Gasteiger partial charge in [0.25, 0.3) is 0 Å². The maximum atomic E-state index is 11.4. The molecular formula is C14H22O2. The molecule has 3 unspecified atom stereocenters. The molecule has 2 aliphatic carbocycles. The van der Waals surface area contributed by atoms with Crippen molar-refractivity contribution in [2.45, 2.75) is 57.5 Å². The number of ether oxygens (including phenoxy) is 1. The van der Waals surface area contributed by atoms with Gasteiger partial charge in [-0.3, -0.25) is 0 Å². The normalized spacial score (nSPS) is 38.6. The largest absolute Gasteiger partial charge is 0.456 e. The number of rotatable bonds is 2. The van der Waals surface area contributed by atoms with Crippen LogP contribution in [0.4, 0.5) is 0 Å². The fraction of sp³-hybridized carbons (Fsp3) is 0.786. The predicted octanol–water partition coefficient (Wildman–Crippen LogP) is 3.46. The highest BCUT2D eigenvalue weighted by Gasteiger charge is 2.47. The molecule has 16 heavy (non-hydrogen) atoms. The van der Waals surface area contributed by atoms with Crippen LogP contribution in [0.2, 0.25) is 0 Å². The van der Waals surface area contributed by atoms with E-state index in [0.29, 0.717) is 5.92 Å². The minimum absolute atomic E-state index is 0.222. The van der Waals surface area contributed by atoms with Gasteiger partial charge in [0, 0.05) is 12.0 Å². The molecule has 0 N–H and O–H groups in total. The molecule has 3 atom stereocenters. The second-order valence-electron chi connectivity index (χ2n) is 5.48. The summed E-state index contributed by atoms with van der Waals surface area (Å²) in [5.41, 5.74) is -0.222.